The summed E-state index contributed by atoms with van der Waals surface area (Å²) in [6, 6.07) is 10.6. The minimum Gasteiger partial charge on any atom is -0.392 e. The van der Waals surface area contributed by atoms with Crippen LogP contribution in [0.15, 0.2) is 57.9 Å². The molecule has 0 radical (unpaired) electrons. The number of aromatic nitrogens is 2. The third-order valence-corrected chi connectivity index (χ3v) is 6.44. The molecule has 170 valence electrons. The zero-order valence-electron chi connectivity index (χ0n) is 17.0. The number of benzene rings is 2. The summed E-state index contributed by atoms with van der Waals surface area (Å²) in [5.41, 5.74) is 0.463. The molecule has 7 nitrogen and oxygen atoms in total. The Morgan fingerprint density at radius 3 is 2.38 bits per heavy atom. The molecule has 11 heteroatoms. The molecule has 0 amide bonds. The molecule has 1 fully saturated rings. The highest BCUT2D eigenvalue weighted by atomic mass is 32.2. The van der Waals surface area contributed by atoms with Gasteiger partial charge in [0.25, 0.3) is 0 Å². The number of likely N-dealkylation sites (tertiary alicyclic amines) is 1. The molecule has 32 heavy (non-hydrogen) atoms. The Morgan fingerprint density at radius 2 is 1.78 bits per heavy atom. The van der Waals surface area contributed by atoms with E-state index in [1.807, 2.05) is 4.90 Å². The lowest BCUT2D eigenvalue weighted by atomic mass is 10.1. The van der Waals surface area contributed by atoms with Crippen LogP contribution < -0.4 is 0 Å². The highest BCUT2D eigenvalue weighted by Gasteiger charge is 2.36. The van der Waals surface area contributed by atoms with E-state index < -0.39 is 27.7 Å². The van der Waals surface area contributed by atoms with Gasteiger partial charge in [-0.3, -0.25) is 4.90 Å². The topological polar surface area (TPSA) is 96.5 Å². The van der Waals surface area contributed by atoms with Gasteiger partial charge >= 0.3 is 6.18 Å². The van der Waals surface area contributed by atoms with Crippen LogP contribution >= 0.6 is 0 Å². The summed E-state index contributed by atoms with van der Waals surface area (Å²) < 4.78 is 66.9. The largest absolute Gasteiger partial charge is 0.416 e. The number of aliphatic hydroxyl groups excluding tert-OH is 1. The van der Waals surface area contributed by atoms with E-state index in [0.717, 1.165) is 24.0 Å². The van der Waals surface area contributed by atoms with Gasteiger partial charge in [0.1, 0.15) is 0 Å². The van der Waals surface area contributed by atoms with Crippen LogP contribution in [0.2, 0.25) is 0 Å². The first-order valence-corrected chi connectivity index (χ1v) is 11.6. The Hall–Kier alpha value is -2.76. The predicted octanol–water partition coefficient (Wildman–Crippen LogP) is 3.47. The van der Waals surface area contributed by atoms with Crippen LogP contribution in [0.3, 0.4) is 0 Å². The van der Waals surface area contributed by atoms with Crippen LogP contribution in [0.4, 0.5) is 13.2 Å². The van der Waals surface area contributed by atoms with E-state index >= 15 is 0 Å². The van der Waals surface area contributed by atoms with Gasteiger partial charge in [-0.25, -0.2) is 8.42 Å². The van der Waals surface area contributed by atoms with Crippen molar-refractivity contribution in [2.75, 3.05) is 12.8 Å². The summed E-state index contributed by atoms with van der Waals surface area (Å²) in [6.07, 6.45) is -3.55. The van der Waals surface area contributed by atoms with E-state index in [9.17, 15) is 26.7 Å². The molecule has 1 aromatic heterocycles. The molecule has 1 aliphatic rings. The molecule has 0 saturated carbocycles. The number of β-amino-alcohol motifs (C(OH)–C–C–N with tert-alkyl or cyclic N) is 1. The average molecular weight is 467 g/mol. The first kappa shape index (κ1) is 22.4. The van der Waals surface area contributed by atoms with Gasteiger partial charge in [0.2, 0.25) is 11.7 Å². The quantitative estimate of drug-likeness (QED) is 0.614. The molecule has 2 atom stereocenters. The molecule has 1 aliphatic heterocycles. The fourth-order valence-corrected chi connectivity index (χ4v) is 4.31. The van der Waals surface area contributed by atoms with E-state index in [2.05, 4.69) is 10.1 Å². The van der Waals surface area contributed by atoms with Gasteiger partial charge in [0.15, 0.2) is 9.84 Å². The molecule has 0 aliphatic carbocycles. The number of alkyl halides is 3. The van der Waals surface area contributed by atoms with Gasteiger partial charge in [-0.15, -0.1) is 0 Å². The van der Waals surface area contributed by atoms with Crippen LogP contribution in [-0.2, 0) is 22.6 Å². The Bertz CT molecular complexity index is 1190. The van der Waals surface area contributed by atoms with Crippen molar-refractivity contribution in [3.05, 3.63) is 65.5 Å². The molecule has 1 saturated heterocycles. The minimum absolute atomic E-state index is 0.160. The summed E-state index contributed by atoms with van der Waals surface area (Å²) in [7, 11) is -3.29. The number of rotatable bonds is 5. The second kappa shape index (κ2) is 8.30. The first-order valence-electron chi connectivity index (χ1n) is 9.73. The van der Waals surface area contributed by atoms with Crippen LogP contribution in [0.25, 0.3) is 11.4 Å². The van der Waals surface area contributed by atoms with Gasteiger partial charge in [0.05, 0.1) is 22.6 Å². The predicted molar refractivity (Wildman–Crippen MR) is 108 cm³/mol. The fraction of sp³-hybridized carbons (Fsp3) is 0.333. The van der Waals surface area contributed by atoms with Gasteiger partial charge in [-0.2, -0.15) is 18.2 Å². The minimum atomic E-state index is -4.43. The SMILES string of the molecule is CS(=O)(=O)c1ccc(CN2CC(O)CC2c2nc(-c3ccc(C(F)(F)F)cc3)no2)cc1. The lowest BCUT2D eigenvalue weighted by Crippen LogP contribution is -2.24. The Morgan fingerprint density at radius 1 is 1.12 bits per heavy atom. The van der Waals surface area contributed by atoms with E-state index in [1.54, 1.807) is 12.1 Å². The van der Waals surface area contributed by atoms with Crippen molar-refractivity contribution in [3.63, 3.8) is 0 Å². The van der Waals surface area contributed by atoms with Crippen LogP contribution in [0.5, 0.6) is 0 Å². The normalized spacial score (nSPS) is 20.0. The maximum Gasteiger partial charge on any atom is 0.416 e. The van der Waals surface area contributed by atoms with Crippen molar-refractivity contribution < 1.29 is 31.2 Å². The summed E-state index contributed by atoms with van der Waals surface area (Å²) in [5.74, 6) is 0.414. The maximum atomic E-state index is 12.8. The molecule has 4 rings (SSSR count). The highest BCUT2D eigenvalue weighted by Crippen LogP contribution is 2.34. The third-order valence-electron chi connectivity index (χ3n) is 5.32. The monoisotopic (exact) mass is 467 g/mol. The Kier molecular flexibility index (Phi) is 5.82. The van der Waals surface area contributed by atoms with Crippen molar-refractivity contribution in [1.29, 1.82) is 0 Å². The van der Waals surface area contributed by atoms with Crippen molar-refractivity contribution >= 4 is 9.84 Å². The summed E-state index contributed by atoms with van der Waals surface area (Å²) >= 11 is 0. The molecule has 3 aromatic rings. The van der Waals surface area contributed by atoms with Crippen molar-refractivity contribution in [3.8, 4) is 11.4 Å². The molecule has 2 heterocycles. The van der Waals surface area contributed by atoms with Crippen molar-refractivity contribution in [2.24, 2.45) is 0 Å². The average Bonchev–Trinajstić information content (AvgIpc) is 3.34. The molecule has 1 N–H and O–H groups in total. The zero-order chi connectivity index (χ0) is 23.1. The standard InChI is InChI=1S/C21H20F3N3O4S/c1-32(29,30)17-8-2-13(3-9-17)11-27-12-16(28)10-18(27)20-25-19(26-31-20)14-4-6-15(7-5-14)21(22,23)24/h2-9,16,18,28H,10-12H2,1H3. The van der Waals surface area contributed by atoms with E-state index in [4.69, 9.17) is 4.52 Å². The van der Waals surface area contributed by atoms with Crippen molar-refractivity contribution in [2.45, 2.75) is 36.2 Å². The van der Waals surface area contributed by atoms with Gasteiger partial charge in [-0.1, -0.05) is 29.4 Å². The molecular formula is C21H20F3N3O4S. The second-order valence-electron chi connectivity index (χ2n) is 7.78. The van der Waals surface area contributed by atoms with Gasteiger partial charge < -0.3 is 9.63 Å². The summed E-state index contributed by atoms with van der Waals surface area (Å²) in [4.78, 5) is 6.49. The molecule has 2 unspecified atom stereocenters. The number of aliphatic hydroxyl groups is 1. The maximum absolute atomic E-state index is 12.8. The van der Waals surface area contributed by atoms with Crippen LogP contribution in [0.1, 0.15) is 29.5 Å². The second-order valence-corrected chi connectivity index (χ2v) is 9.80. The number of hydrogen-bond acceptors (Lipinski definition) is 7. The smallest absolute Gasteiger partial charge is 0.392 e. The van der Waals surface area contributed by atoms with Crippen LogP contribution in [-0.4, -0.2) is 47.5 Å². The first-order chi connectivity index (χ1) is 15.0. The van der Waals surface area contributed by atoms with E-state index in [1.165, 1.54) is 24.3 Å². The van der Waals surface area contributed by atoms with E-state index in [-0.39, 0.29) is 22.7 Å². The van der Waals surface area contributed by atoms with Gasteiger partial charge in [0, 0.05) is 24.9 Å². The summed E-state index contributed by atoms with van der Waals surface area (Å²) in [6.45, 7) is 0.778. The Balaban J connectivity index is 1.52. The molecular weight excluding hydrogens is 447 g/mol. The van der Waals surface area contributed by atoms with Gasteiger partial charge in [-0.05, 0) is 36.2 Å². The Labute approximate surface area is 182 Å². The number of nitrogens with zero attached hydrogens (tertiary/aromatic N) is 3. The molecule has 0 spiro atoms. The number of sulfone groups is 1. The fourth-order valence-electron chi connectivity index (χ4n) is 3.68. The van der Waals surface area contributed by atoms with E-state index in [0.29, 0.717) is 25.1 Å². The number of halogens is 3. The lowest BCUT2D eigenvalue weighted by molar-refractivity contribution is -0.137. The van der Waals surface area contributed by atoms with Crippen LogP contribution in [0, 0.1) is 0 Å². The zero-order valence-corrected chi connectivity index (χ0v) is 17.8. The van der Waals surface area contributed by atoms with Crippen molar-refractivity contribution in [1.82, 2.24) is 15.0 Å². The third kappa shape index (κ3) is 4.84. The molecule has 0 bridgehead atoms. The molecule has 2 aromatic carbocycles. The summed E-state index contributed by atoms with van der Waals surface area (Å²) in [5, 5.41) is 14.1. The highest BCUT2D eigenvalue weighted by molar-refractivity contribution is 7.90. The lowest BCUT2D eigenvalue weighted by Gasteiger charge is -2.21. The number of hydrogen-bond donors (Lipinski definition) is 1.